The van der Waals surface area contributed by atoms with E-state index in [1.54, 1.807) is 0 Å². The molecule has 15 heavy (non-hydrogen) atoms. The van der Waals surface area contributed by atoms with Gasteiger partial charge in [0.15, 0.2) is 0 Å². The van der Waals surface area contributed by atoms with Gasteiger partial charge in [0.2, 0.25) is 5.91 Å². The summed E-state index contributed by atoms with van der Waals surface area (Å²) in [4.78, 5) is 13.9. The van der Waals surface area contributed by atoms with Crippen molar-refractivity contribution < 1.29 is 4.79 Å². The Kier molecular flexibility index (Phi) is 2.09. The van der Waals surface area contributed by atoms with Gasteiger partial charge in [-0.2, -0.15) is 0 Å². The Hall–Kier alpha value is -0.830. The largest absolute Gasteiger partial charge is 0.335 e. The molecule has 0 bridgehead atoms. The minimum atomic E-state index is 0.295. The standard InChI is InChI=1S/C12H12BrNO/c13-10-2-1-8-7-14(11-3-4-11)12(15)6-9(8)5-10/h1-2,5,11H,3-4,6-7H2. The number of carbonyl (C=O) groups excluding carboxylic acids is 1. The van der Waals surface area contributed by atoms with Crippen LogP contribution in [0.4, 0.5) is 0 Å². The van der Waals surface area contributed by atoms with Crippen LogP contribution in [0.5, 0.6) is 0 Å². The summed E-state index contributed by atoms with van der Waals surface area (Å²) in [7, 11) is 0. The molecule has 1 aliphatic heterocycles. The molecule has 0 aromatic heterocycles. The molecular weight excluding hydrogens is 254 g/mol. The van der Waals surface area contributed by atoms with Crippen LogP contribution in [0, 0.1) is 0 Å². The van der Waals surface area contributed by atoms with E-state index < -0.39 is 0 Å². The van der Waals surface area contributed by atoms with Gasteiger partial charge < -0.3 is 4.90 Å². The molecule has 78 valence electrons. The number of carbonyl (C=O) groups is 1. The molecule has 1 aliphatic carbocycles. The highest BCUT2D eigenvalue weighted by molar-refractivity contribution is 9.10. The zero-order valence-electron chi connectivity index (χ0n) is 8.37. The highest BCUT2D eigenvalue weighted by atomic mass is 79.9. The van der Waals surface area contributed by atoms with E-state index in [0.29, 0.717) is 18.4 Å². The van der Waals surface area contributed by atoms with Crippen molar-refractivity contribution in [3.63, 3.8) is 0 Å². The number of fused-ring (bicyclic) bond motifs is 1. The van der Waals surface area contributed by atoms with E-state index in [1.165, 1.54) is 24.0 Å². The van der Waals surface area contributed by atoms with Crippen LogP contribution >= 0.6 is 15.9 Å². The lowest BCUT2D eigenvalue weighted by molar-refractivity contribution is -0.132. The number of rotatable bonds is 1. The van der Waals surface area contributed by atoms with E-state index in [4.69, 9.17) is 0 Å². The Morgan fingerprint density at radius 1 is 1.27 bits per heavy atom. The number of nitrogens with zero attached hydrogens (tertiary/aromatic N) is 1. The van der Waals surface area contributed by atoms with Gasteiger partial charge in [0.1, 0.15) is 0 Å². The molecule has 2 aliphatic rings. The van der Waals surface area contributed by atoms with E-state index in [-0.39, 0.29) is 0 Å². The van der Waals surface area contributed by atoms with Gasteiger partial charge in [-0.1, -0.05) is 22.0 Å². The number of hydrogen-bond acceptors (Lipinski definition) is 1. The van der Waals surface area contributed by atoms with Crippen LogP contribution in [0.25, 0.3) is 0 Å². The van der Waals surface area contributed by atoms with Crippen molar-refractivity contribution in [1.29, 1.82) is 0 Å². The predicted molar refractivity (Wildman–Crippen MR) is 61.4 cm³/mol. The predicted octanol–water partition coefficient (Wildman–Crippen LogP) is 2.50. The fourth-order valence-corrected chi connectivity index (χ4v) is 2.58. The first-order valence-corrected chi connectivity index (χ1v) is 6.10. The molecule has 3 rings (SSSR count). The van der Waals surface area contributed by atoms with Crippen molar-refractivity contribution >= 4 is 21.8 Å². The number of amides is 1. The van der Waals surface area contributed by atoms with Gasteiger partial charge in [-0.25, -0.2) is 0 Å². The Morgan fingerprint density at radius 3 is 2.80 bits per heavy atom. The SMILES string of the molecule is O=C1Cc2cc(Br)ccc2CN1C1CC1. The van der Waals surface area contributed by atoms with Crippen LogP contribution < -0.4 is 0 Å². The minimum absolute atomic E-state index is 0.295. The van der Waals surface area contributed by atoms with Crippen molar-refractivity contribution in [2.45, 2.75) is 31.8 Å². The molecule has 0 radical (unpaired) electrons. The topological polar surface area (TPSA) is 20.3 Å². The maximum atomic E-state index is 11.9. The van der Waals surface area contributed by atoms with E-state index >= 15 is 0 Å². The maximum Gasteiger partial charge on any atom is 0.227 e. The smallest absolute Gasteiger partial charge is 0.227 e. The molecule has 1 aromatic rings. The molecule has 1 saturated carbocycles. The third-order valence-corrected chi connectivity index (χ3v) is 3.65. The summed E-state index contributed by atoms with van der Waals surface area (Å²) in [6.45, 7) is 0.812. The second-order valence-corrected chi connectivity index (χ2v) is 5.26. The first-order chi connectivity index (χ1) is 7.24. The molecule has 1 heterocycles. The summed E-state index contributed by atoms with van der Waals surface area (Å²) in [5.74, 6) is 0.295. The summed E-state index contributed by atoms with van der Waals surface area (Å²) in [5, 5.41) is 0. The van der Waals surface area contributed by atoms with Gasteiger partial charge in [0.25, 0.3) is 0 Å². The number of halogens is 1. The van der Waals surface area contributed by atoms with E-state index in [2.05, 4.69) is 34.1 Å². The normalized spacial score (nSPS) is 20.3. The number of benzene rings is 1. The third-order valence-electron chi connectivity index (χ3n) is 3.16. The summed E-state index contributed by atoms with van der Waals surface area (Å²) in [6.07, 6.45) is 2.96. The minimum Gasteiger partial charge on any atom is -0.335 e. The summed E-state index contributed by atoms with van der Waals surface area (Å²) < 4.78 is 1.06. The van der Waals surface area contributed by atoms with Crippen LogP contribution in [0.3, 0.4) is 0 Å². The molecule has 2 nitrogen and oxygen atoms in total. The second kappa shape index (κ2) is 3.34. The van der Waals surface area contributed by atoms with Crippen molar-refractivity contribution in [3.05, 3.63) is 33.8 Å². The van der Waals surface area contributed by atoms with Gasteiger partial charge in [-0.3, -0.25) is 4.79 Å². The Balaban J connectivity index is 1.94. The highest BCUT2D eigenvalue weighted by Gasteiger charge is 2.35. The first-order valence-electron chi connectivity index (χ1n) is 5.31. The molecule has 1 fully saturated rings. The molecule has 1 amide bonds. The van der Waals surface area contributed by atoms with Crippen LogP contribution in [-0.2, 0) is 17.8 Å². The van der Waals surface area contributed by atoms with Gasteiger partial charge in [-0.05, 0) is 36.1 Å². The fraction of sp³-hybridized carbons (Fsp3) is 0.417. The van der Waals surface area contributed by atoms with Crippen molar-refractivity contribution in [2.24, 2.45) is 0 Å². The molecule has 0 N–H and O–H groups in total. The van der Waals surface area contributed by atoms with E-state index in [0.717, 1.165) is 11.0 Å². The first kappa shape index (κ1) is 9.40. The average Bonchev–Trinajstić information content (AvgIpc) is 3.00. The van der Waals surface area contributed by atoms with Crippen LogP contribution in [0.1, 0.15) is 24.0 Å². The molecule has 1 aromatic carbocycles. The van der Waals surface area contributed by atoms with Gasteiger partial charge in [0.05, 0.1) is 6.42 Å². The summed E-state index contributed by atoms with van der Waals surface area (Å²) in [5.41, 5.74) is 2.50. The molecule has 3 heteroatoms. The molecule has 0 spiro atoms. The Morgan fingerprint density at radius 2 is 2.07 bits per heavy atom. The van der Waals surface area contributed by atoms with Gasteiger partial charge in [-0.15, -0.1) is 0 Å². The second-order valence-electron chi connectivity index (χ2n) is 4.34. The van der Waals surface area contributed by atoms with Crippen molar-refractivity contribution in [1.82, 2.24) is 4.90 Å². The lowest BCUT2D eigenvalue weighted by atomic mass is 9.99. The summed E-state index contributed by atoms with van der Waals surface area (Å²) in [6, 6.07) is 6.78. The molecule has 0 saturated heterocycles. The summed E-state index contributed by atoms with van der Waals surface area (Å²) >= 11 is 3.44. The van der Waals surface area contributed by atoms with Crippen molar-refractivity contribution in [2.75, 3.05) is 0 Å². The van der Waals surface area contributed by atoms with E-state index in [1.807, 2.05) is 4.90 Å². The quantitative estimate of drug-likeness (QED) is 0.764. The molecular formula is C12H12BrNO. The van der Waals surface area contributed by atoms with Gasteiger partial charge in [0, 0.05) is 17.1 Å². The Bertz CT molecular complexity index is 426. The average molecular weight is 266 g/mol. The molecule has 0 unspecified atom stereocenters. The van der Waals surface area contributed by atoms with Gasteiger partial charge >= 0.3 is 0 Å². The lowest BCUT2D eigenvalue weighted by Crippen LogP contribution is -2.37. The third kappa shape index (κ3) is 1.69. The monoisotopic (exact) mass is 265 g/mol. The van der Waals surface area contributed by atoms with Crippen molar-refractivity contribution in [3.8, 4) is 0 Å². The Labute approximate surface area is 97.4 Å². The lowest BCUT2D eigenvalue weighted by Gasteiger charge is -2.28. The maximum absolute atomic E-state index is 11.9. The zero-order chi connectivity index (χ0) is 10.4. The highest BCUT2D eigenvalue weighted by Crippen LogP contribution is 2.32. The number of hydrogen-bond donors (Lipinski definition) is 0. The zero-order valence-corrected chi connectivity index (χ0v) is 9.96. The fourth-order valence-electron chi connectivity index (χ4n) is 2.17. The van der Waals surface area contributed by atoms with Crippen LogP contribution in [0.2, 0.25) is 0 Å². The molecule has 0 atom stereocenters. The van der Waals surface area contributed by atoms with E-state index in [9.17, 15) is 4.79 Å². The van der Waals surface area contributed by atoms with Crippen LogP contribution in [-0.4, -0.2) is 16.8 Å². The van der Waals surface area contributed by atoms with Crippen LogP contribution in [0.15, 0.2) is 22.7 Å².